The van der Waals surface area contributed by atoms with Crippen LogP contribution in [0.4, 0.5) is 0 Å². The van der Waals surface area contributed by atoms with Crippen LogP contribution >= 0.6 is 23.2 Å². The molecule has 0 aliphatic heterocycles. The molecule has 1 unspecified atom stereocenters. The zero-order valence-electron chi connectivity index (χ0n) is 11.1. The molecule has 1 heterocycles. The molecular formula is C14H11Cl2NO3S. The molecule has 0 bridgehead atoms. The molecule has 0 amide bonds. The fraction of sp³-hybridized carbons (Fsp3) is 0.286. The average molecular weight is 344 g/mol. The van der Waals surface area contributed by atoms with Gasteiger partial charge in [0.1, 0.15) is 0 Å². The van der Waals surface area contributed by atoms with Gasteiger partial charge >= 0.3 is 0 Å². The van der Waals surface area contributed by atoms with Crippen LogP contribution in [-0.4, -0.2) is 21.4 Å². The maximum Gasteiger partial charge on any atom is 0.199 e. The molecule has 1 saturated carbocycles. The molecule has 1 atom stereocenters. The van der Waals surface area contributed by atoms with Crippen LogP contribution in [0.1, 0.15) is 40.4 Å². The largest absolute Gasteiger partial charge is 0.360 e. The number of halogens is 2. The number of carbonyl (C=O) groups is 1. The lowest BCUT2D eigenvalue weighted by Gasteiger charge is -2.09. The van der Waals surface area contributed by atoms with Crippen molar-refractivity contribution in [2.24, 2.45) is 0 Å². The number of rotatable bonds is 4. The molecule has 0 N–H and O–H groups in total. The van der Waals surface area contributed by atoms with Crippen molar-refractivity contribution in [1.29, 1.82) is 0 Å². The van der Waals surface area contributed by atoms with Gasteiger partial charge < -0.3 is 4.52 Å². The topological polar surface area (TPSA) is 60.2 Å². The highest BCUT2D eigenvalue weighted by Gasteiger charge is 2.33. The number of ketones is 1. The van der Waals surface area contributed by atoms with Gasteiger partial charge in [-0.05, 0) is 25.0 Å². The molecule has 21 heavy (non-hydrogen) atoms. The Morgan fingerprint density at radius 1 is 1.33 bits per heavy atom. The van der Waals surface area contributed by atoms with Gasteiger partial charge in [0.2, 0.25) is 0 Å². The van der Waals surface area contributed by atoms with Gasteiger partial charge in [0.15, 0.2) is 11.5 Å². The van der Waals surface area contributed by atoms with Crippen molar-refractivity contribution in [1.82, 2.24) is 5.16 Å². The van der Waals surface area contributed by atoms with Crippen molar-refractivity contribution in [2.75, 3.05) is 6.26 Å². The van der Waals surface area contributed by atoms with Crippen LogP contribution in [0, 0.1) is 0 Å². The summed E-state index contributed by atoms with van der Waals surface area (Å²) < 4.78 is 17.1. The van der Waals surface area contributed by atoms with Gasteiger partial charge in [0.25, 0.3) is 0 Å². The van der Waals surface area contributed by atoms with Gasteiger partial charge in [0.05, 0.1) is 37.5 Å². The van der Waals surface area contributed by atoms with E-state index in [1.807, 2.05) is 0 Å². The SMILES string of the molecule is CS(=O)c1c(C(=O)c2cnoc2C2CC2)ccc(Cl)c1Cl. The predicted octanol–water partition coefficient (Wildman–Crippen LogP) is 3.83. The van der Waals surface area contributed by atoms with Gasteiger partial charge in [-0.3, -0.25) is 9.00 Å². The van der Waals surface area contributed by atoms with E-state index in [-0.39, 0.29) is 32.2 Å². The minimum Gasteiger partial charge on any atom is -0.360 e. The van der Waals surface area contributed by atoms with E-state index in [9.17, 15) is 9.00 Å². The molecular weight excluding hydrogens is 333 g/mol. The molecule has 1 aromatic carbocycles. The lowest BCUT2D eigenvalue weighted by Crippen LogP contribution is -2.08. The molecule has 0 spiro atoms. The second-order valence-corrected chi connectivity index (χ2v) is 7.00. The molecule has 2 aromatic rings. The first-order valence-electron chi connectivity index (χ1n) is 6.31. The molecule has 0 radical (unpaired) electrons. The summed E-state index contributed by atoms with van der Waals surface area (Å²) >= 11 is 12.0. The van der Waals surface area contributed by atoms with Gasteiger partial charge in [-0.1, -0.05) is 28.4 Å². The highest BCUT2D eigenvalue weighted by molar-refractivity contribution is 7.84. The summed E-state index contributed by atoms with van der Waals surface area (Å²) in [5, 5.41) is 4.13. The molecule has 1 aliphatic rings. The summed E-state index contributed by atoms with van der Waals surface area (Å²) in [5.74, 6) is 0.561. The van der Waals surface area contributed by atoms with Gasteiger partial charge in [-0.25, -0.2) is 0 Å². The van der Waals surface area contributed by atoms with E-state index >= 15 is 0 Å². The van der Waals surface area contributed by atoms with E-state index in [0.717, 1.165) is 12.8 Å². The molecule has 1 aliphatic carbocycles. The normalized spacial score (nSPS) is 16.0. The Balaban J connectivity index is 2.11. The van der Waals surface area contributed by atoms with Crippen molar-refractivity contribution in [3.8, 4) is 0 Å². The number of hydrogen-bond donors (Lipinski definition) is 0. The Bertz CT molecular complexity index is 753. The summed E-state index contributed by atoms with van der Waals surface area (Å²) in [6.45, 7) is 0. The number of nitrogens with zero attached hydrogens (tertiary/aromatic N) is 1. The van der Waals surface area contributed by atoms with Gasteiger partial charge in [0, 0.05) is 17.7 Å². The highest BCUT2D eigenvalue weighted by atomic mass is 35.5. The molecule has 1 aromatic heterocycles. The number of benzene rings is 1. The zero-order valence-corrected chi connectivity index (χ0v) is 13.4. The minimum atomic E-state index is -1.43. The maximum atomic E-state index is 12.7. The van der Waals surface area contributed by atoms with Crippen molar-refractivity contribution < 1.29 is 13.5 Å². The van der Waals surface area contributed by atoms with Crippen LogP contribution in [-0.2, 0) is 10.8 Å². The molecule has 4 nitrogen and oxygen atoms in total. The smallest absolute Gasteiger partial charge is 0.199 e. The Labute approximate surface area is 133 Å². The van der Waals surface area contributed by atoms with Crippen molar-refractivity contribution in [2.45, 2.75) is 23.7 Å². The third-order valence-corrected chi connectivity index (χ3v) is 5.29. The first kappa shape index (κ1) is 14.8. The fourth-order valence-corrected chi connectivity index (χ4v) is 3.73. The first-order chi connectivity index (χ1) is 10.0. The number of aromatic nitrogens is 1. The Kier molecular flexibility index (Phi) is 3.90. The average Bonchev–Trinajstić information content (AvgIpc) is 3.17. The van der Waals surface area contributed by atoms with Crippen LogP contribution in [0.3, 0.4) is 0 Å². The summed E-state index contributed by atoms with van der Waals surface area (Å²) in [4.78, 5) is 13.0. The lowest BCUT2D eigenvalue weighted by atomic mass is 10.0. The van der Waals surface area contributed by atoms with Crippen LogP contribution in [0.25, 0.3) is 0 Å². The number of hydrogen-bond acceptors (Lipinski definition) is 4. The maximum absolute atomic E-state index is 12.7. The van der Waals surface area contributed by atoms with E-state index in [1.54, 1.807) is 0 Å². The monoisotopic (exact) mass is 343 g/mol. The predicted molar refractivity (Wildman–Crippen MR) is 80.7 cm³/mol. The third-order valence-electron chi connectivity index (χ3n) is 3.37. The van der Waals surface area contributed by atoms with Crippen LogP contribution in [0.5, 0.6) is 0 Å². The quantitative estimate of drug-likeness (QED) is 0.791. The lowest BCUT2D eigenvalue weighted by molar-refractivity contribution is 0.103. The second kappa shape index (κ2) is 5.55. The van der Waals surface area contributed by atoms with Crippen molar-refractivity contribution >= 4 is 39.8 Å². The molecule has 7 heteroatoms. The van der Waals surface area contributed by atoms with Crippen LogP contribution < -0.4 is 0 Å². The molecule has 3 rings (SSSR count). The van der Waals surface area contributed by atoms with E-state index in [2.05, 4.69) is 5.16 Å². The summed E-state index contributed by atoms with van der Waals surface area (Å²) in [6.07, 6.45) is 4.84. The first-order valence-corrected chi connectivity index (χ1v) is 8.62. The summed E-state index contributed by atoms with van der Waals surface area (Å²) in [7, 11) is -1.43. The molecule has 0 saturated heterocycles. The minimum absolute atomic E-state index is 0.146. The highest BCUT2D eigenvalue weighted by Crippen LogP contribution is 2.42. The molecule has 110 valence electrons. The summed E-state index contributed by atoms with van der Waals surface area (Å²) in [6, 6.07) is 3.06. The van der Waals surface area contributed by atoms with Gasteiger partial charge in [-0.2, -0.15) is 0 Å². The molecule has 1 fully saturated rings. The third kappa shape index (κ3) is 2.65. The van der Waals surface area contributed by atoms with Gasteiger partial charge in [-0.15, -0.1) is 0 Å². The standard InChI is InChI=1S/C14H11Cl2NO3S/c1-21(19)14-8(4-5-10(15)11(14)16)12(18)9-6-17-20-13(9)7-2-3-7/h4-7H,2-3H2,1H3. The van der Waals surface area contributed by atoms with Crippen molar-refractivity contribution in [3.05, 3.63) is 45.3 Å². The van der Waals surface area contributed by atoms with Crippen LogP contribution in [0.2, 0.25) is 10.0 Å². The Hall–Kier alpha value is -1.17. The van der Waals surface area contributed by atoms with Crippen molar-refractivity contribution in [3.63, 3.8) is 0 Å². The zero-order chi connectivity index (χ0) is 15.1. The second-order valence-electron chi connectivity index (χ2n) is 4.90. The van der Waals surface area contributed by atoms with E-state index in [0.29, 0.717) is 11.3 Å². The summed E-state index contributed by atoms with van der Waals surface area (Å²) in [5.41, 5.74) is 0.679. The Morgan fingerprint density at radius 3 is 2.67 bits per heavy atom. The van der Waals surface area contributed by atoms with E-state index in [4.69, 9.17) is 27.7 Å². The fourth-order valence-electron chi connectivity index (χ4n) is 2.20. The number of carbonyl (C=O) groups excluding carboxylic acids is 1. The van der Waals surface area contributed by atoms with Crippen LogP contribution in [0.15, 0.2) is 27.7 Å². The van der Waals surface area contributed by atoms with E-state index < -0.39 is 10.8 Å². The Morgan fingerprint density at radius 2 is 2.05 bits per heavy atom. The van der Waals surface area contributed by atoms with E-state index in [1.165, 1.54) is 24.6 Å².